The van der Waals surface area contributed by atoms with Crippen LogP contribution >= 0.6 is 0 Å². The van der Waals surface area contributed by atoms with Crippen LogP contribution in [0.1, 0.15) is 25.3 Å². The molecule has 1 N–H and O–H groups in total. The van der Waals surface area contributed by atoms with E-state index in [1.807, 2.05) is 6.07 Å². The Labute approximate surface area is 205 Å². The Morgan fingerprint density at radius 1 is 1.14 bits per heavy atom. The molecule has 1 aromatic carbocycles. The molecular formula is C21H26FN9O5. The zero-order valence-electron chi connectivity index (χ0n) is 19.4. The van der Waals surface area contributed by atoms with Crippen molar-refractivity contribution >= 4 is 5.97 Å². The molecule has 15 heteroatoms. The highest BCUT2D eigenvalue weighted by molar-refractivity contribution is 5.66. The van der Waals surface area contributed by atoms with Gasteiger partial charge in [-0.05, 0) is 35.0 Å². The van der Waals surface area contributed by atoms with E-state index in [4.69, 9.17) is 30.8 Å². The number of hydrogen-bond acceptors (Lipinski definition) is 8. The van der Waals surface area contributed by atoms with Crippen molar-refractivity contribution in [1.29, 1.82) is 0 Å². The quantitative estimate of drug-likeness (QED) is 0.228. The largest absolute Gasteiger partial charge is 0.459 e. The van der Waals surface area contributed by atoms with Gasteiger partial charge in [0.1, 0.15) is 18.4 Å². The van der Waals surface area contributed by atoms with Gasteiger partial charge in [-0.1, -0.05) is 45.7 Å². The molecule has 192 valence electrons. The molecule has 3 rings (SSSR count). The van der Waals surface area contributed by atoms with Crippen LogP contribution in [-0.4, -0.2) is 66.4 Å². The number of ether oxygens (including phenoxy) is 3. The monoisotopic (exact) mass is 503 g/mol. The minimum atomic E-state index is -1.86. The summed E-state index contributed by atoms with van der Waals surface area (Å²) in [4.78, 5) is 19.9. The number of aliphatic hydroxyl groups excluding tert-OH is 1. The first-order chi connectivity index (χ1) is 17.4. The van der Waals surface area contributed by atoms with Gasteiger partial charge in [-0.15, -0.1) is 0 Å². The number of benzene rings is 1. The van der Waals surface area contributed by atoms with Crippen LogP contribution < -0.4 is 0 Å². The van der Waals surface area contributed by atoms with E-state index in [-0.39, 0.29) is 26.0 Å². The Kier molecular flexibility index (Phi) is 9.71. The fourth-order valence-corrected chi connectivity index (χ4v) is 4.77. The van der Waals surface area contributed by atoms with E-state index in [1.54, 1.807) is 24.3 Å². The number of carbonyl (C=O) groups excluding carboxylic acids is 1. The van der Waals surface area contributed by atoms with Crippen LogP contribution in [0, 0.1) is 5.92 Å². The summed E-state index contributed by atoms with van der Waals surface area (Å²) < 4.78 is 33.0. The summed E-state index contributed by atoms with van der Waals surface area (Å²) >= 11 is 0. The van der Waals surface area contributed by atoms with E-state index in [0.29, 0.717) is 0 Å². The third-order valence-electron chi connectivity index (χ3n) is 6.34. The third-order valence-corrected chi connectivity index (χ3v) is 6.34. The van der Waals surface area contributed by atoms with Crippen molar-refractivity contribution in [3.63, 3.8) is 0 Å². The minimum Gasteiger partial charge on any atom is -0.459 e. The molecule has 0 bridgehead atoms. The predicted octanol–water partition coefficient (Wildman–Crippen LogP) is 4.05. The fourth-order valence-electron chi connectivity index (χ4n) is 4.77. The second-order valence-electron chi connectivity index (χ2n) is 8.53. The molecule has 0 aromatic heterocycles. The van der Waals surface area contributed by atoms with Crippen molar-refractivity contribution < 1.29 is 28.5 Å². The molecule has 1 saturated carbocycles. The second-order valence-corrected chi connectivity index (χ2v) is 8.53. The lowest BCUT2D eigenvalue weighted by Gasteiger charge is -2.48. The van der Waals surface area contributed by atoms with Crippen LogP contribution in [0.2, 0.25) is 0 Å². The number of rotatable bonds is 9. The molecule has 1 aromatic rings. The highest BCUT2D eigenvalue weighted by Crippen LogP contribution is 2.40. The third kappa shape index (κ3) is 6.35. The van der Waals surface area contributed by atoms with Gasteiger partial charge in [0.05, 0.1) is 43.5 Å². The van der Waals surface area contributed by atoms with Crippen LogP contribution in [0.3, 0.4) is 0 Å². The maximum atomic E-state index is 15.9. The summed E-state index contributed by atoms with van der Waals surface area (Å²) in [6, 6.07) is 6.77. The lowest BCUT2D eigenvalue weighted by atomic mass is 9.74. The summed E-state index contributed by atoms with van der Waals surface area (Å²) in [5.41, 5.74) is 27.6. The molecule has 14 nitrogen and oxygen atoms in total. The molecule has 0 radical (unpaired) electrons. The number of hydrogen-bond donors (Lipinski definition) is 1. The lowest BCUT2D eigenvalue weighted by Crippen LogP contribution is -2.62. The number of azide groups is 3. The van der Waals surface area contributed by atoms with Crippen LogP contribution in [-0.2, 0) is 25.6 Å². The van der Waals surface area contributed by atoms with Crippen molar-refractivity contribution in [1.82, 2.24) is 0 Å². The van der Waals surface area contributed by atoms with Gasteiger partial charge in [0.25, 0.3) is 0 Å². The molecule has 1 heterocycles. The normalized spacial score (nSPS) is 33.8. The highest BCUT2D eigenvalue weighted by atomic mass is 19.1. The second kappa shape index (κ2) is 12.9. The van der Waals surface area contributed by atoms with E-state index < -0.39 is 60.7 Å². The maximum Gasteiger partial charge on any atom is 0.303 e. The smallest absolute Gasteiger partial charge is 0.303 e. The van der Waals surface area contributed by atoms with Gasteiger partial charge in [0.2, 0.25) is 0 Å². The SMILES string of the molecule is CC(=O)O[C@H]1C(N=[N+]=[N-])CCC([C@H]2O[C@H](CN=[N+]=[N-])[C@@H](OCc3ccccc3)[C@H](F)C2N=[N+]=[N-])[C@@H]1O. The molecule has 36 heavy (non-hydrogen) atoms. The molecule has 9 atom stereocenters. The maximum absolute atomic E-state index is 15.9. The predicted molar refractivity (Wildman–Crippen MR) is 123 cm³/mol. The molecule has 2 aliphatic rings. The Bertz CT molecular complexity index is 1040. The topological polar surface area (TPSA) is 211 Å². The Morgan fingerprint density at radius 2 is 1.86 bits per heavy atom. The summed E-state index contributed by atoms with van der Waals surface area (Å²) in [6.07, 6.45) is -7.52. The molecule has 3 unspecified atom stereocenters. The van der Waals surface area contributed by atoms with Crippen LogP contribution in [0.5, 0.6) is 0 Å². The van der Waals surface area contributed by atoms with Gasteiger partial charge in [0, 0.05) is 27.6 Å². The van der Waals surface area contributed by atoms with E-state index in [1.165, 1.54) is 0 Å². The zero-order valence-corrected chi connectivity index (χ0v) is 19.4. The van der Waals surface area contributed by atoms with Gasteiger partial charge < -0.3 is 19.3 Å². The summed E-state index contributed by atoms with van der Waals surface area (Å²) in [5, 5.41) is 21.8. The van der Waals surface area contributed by atoms with E-state index in [0.717, 1.165) is 12.5 Å². The number of carbonyl (C=O) groups is 1. The number of nitrogens with zero attached hydrogens (tertiary/aromatic N) is 9. The summed E-state index contributed by atoms with van der Waals surface area (Å²) in [6.45, 7) is 0.906. The highest BCUT2D eigenvalue weighted by Gasteiger charge is 2.53. The van der Waals surface area contributed by atoms with Gasteiger partial charge in [0.15, 0.2) is 0 Å². The van der Waals surface area contributed by atoms with Gasteiger partial charge >= 0.3 is 5.97 Å². The Balaban J connectivity index is 1.89. The molecule has 2 fully saturated rings. The number of esters is 1. The molecule has 0 spiro atoms. The average Bonchev–Trinajstić information content (AvgIpc) is 2.86. The molecular weight excluding hydrogens is 477 g/mol. The first kappa shape index (κ1) is 27.0. The van der Waals surface area contributed by atoms with Crippen LogP contribution in [0.4, 0.5) is 4.39 Å². The van der Waals surface area contributed by atoms with Crippen LogP contribution in [0.25, 0.3) is 31.3 Å². The van der Waals surface area contributed by atoms with Gasteiger partial charge in [-0.25, -0.2) is 4.39 Å². The van der Waals surface area contributed by atoms with Crippen molar-refractivity contribution in [3.8, 4) is 0 Å². The molecule has 1 aliphatic heterocycles. The number of alkyl halides is 1. The first-order valence-electron chi connectivity index (χ1n) is 11.3. The fraction of sp³-hybridized carbons (Fsp3) is 0.667. The van der Waals surface area contributed by atoms with E-state index in [9.17, 15) is 9.90 Å². The standard InChI is InChI=1S/C21H26FN9O5/c1-11(32)35-20-14(27-30-24)8-7-13(18(20)33)19-17(28-31-25)16(22)21(15(36-19)9-26-29-23)34-10-12-5-3-2-4-6-12/h2-6,13-21,33H,7-10H2,1H3/t13?,14?,15-,16-,17?,18+,19-,20+,21-/m1/s1. The van der Waals surface area contributed by atoms with Crippen molar-refractivity contribution in [2.75, 3.05) is 6.54 Å². The van der Waals surface area contributed by atoms with Crippen LogP contribution in [0.15, 0.2) is 45.7 Å². The van der Waals surface area contributed by atoms with Crippen molar-refractivity contribution in [3.05, 3.63) is 67.2 Å². The van der Waals surface area contributed by atoms with Gasteiger partial charge in [-0.3, -0.25) is 4.79 Å². The molecule has 0 amide bonds. The minimum absolute atomic E-state index is 0.0319. The summed E-state index contributed by atoms with van der Waals surface area (Å²) in [5.74, 6) is -1.55. The first-order valence-corrected chi connectivity index (χ1v) is 11.3. The van der Waals surface area contributed by atoms with Crippen molar-refractivity contribution in [2.45, 2.75) is 75.1 Å². The number of aliphatic hydroxyl groups is 1. The number of halogens is 1. The Morgan fingerprint density at radius 3 is 2.50 bits per heavy atom. The molecule has 1 aliphatic carbocycles. The van der Waals surface area contributed by atoms with E-state index >= 15 is 4.39 Å². The molecule has 1 saturated heterocycles. The lowest BCUT2D eigenvalue weighted by molar-refractivity contribution is -0.213. The summed E-state index contributed by atoms with van der Waals surface area (Å²) in [7, 11) is 0. The average molecular weight is 503 g/mol. The van der Waals surface area contributed by atoms with Crippen molar-refractivity contribution in [2.24, 2.45) is 21.3 Å². The van der Waals surface area contributed by atoms with E-state index in [2.05, 4.69) is 30.1 Å². The Hall–Kier alpha value is -3.57. The zero-order chi connectivity index (χ0) is 26.1. The van der Waals surface area contributed by atoms with Gasteiger partial charge in [-0.2, -0.15) is 0 Å².